The van der Waals surface area contributed by atoms with Crippen LogP contribution in [0.5, 0.6) is 0 Å². The average molecular weight is 1170 g/mol. The quantitative estimate of drug-likeness (QED) is 0.0519. The smallest absolute Gasteiger partial charge is 0.549 e. The van der Waals surface area contributed by atoms with Crippen LogP contribution >= 0.6 is 0 Å². The summed E-state index contributed by atoms with van der Waals surface area (Å²) in [5, 5.41) is 45.0. The van der Waals surface area contributed by atoms with Crippen molar-refractivity contribution in [2.75, 3.05) is 0 Å². The van der Waals surface area contributed by atoms with Crippen molar-refractivity contribution >= 4 is 47.0 Å². The largest absolute Gasteiger partial charge is 4.00 e. The molecule has 0 aliphatic heterocycles. The second-order valence-electron chi connectivity index (χ2n) is 22.2. The van der Waals surface area contributed by atoms with Gasteiger partial charge in [0.25, 0.3) is 0 Å². The number of carboxylic acids is 4. The molecule has 0 rings (SSSR count). The van der Waals surface area contributed by atoms with Gasteiger partial charge in [-0.3, -0.25) is 19.2 Å². The molecule has 0 fully saturated rings. The van der Waals surface area contributed by atoms with E-state index in [-0.39, 0.29) is 49.3 Å². The summed E-state index contributed by atoms with van der Waals surface area (Å²) in [6.45, 7) is 32.3. The molecule has 77 heavy (non-hydrogen) atoms. The van der Waals surface area contributed by atoms with Gasteiger partial charge in [-0.15, -0.1) is 0 Å². The normalized spacial score (nSPS) is 13.1. The van der Waals surface area contributed by atoms with Crippen molar-refractivity contribution in [1.82, 2.24) is 0 Å². The Kier molecular flexibility index (Phi) is 52.1. The SMILES string of the molecule is CCCC(C(=O)[O-])C(=O)C(CCC)(CCC)CCC.CCCC(C(=O)[O-])C(=O)C(CCC)(CCC)CCC.CCCC(C(=O)[O-])C(=O)C(CCC)(CCC)CCC.CCCC(C(=O)[O-])C(=O)C(CCC)(CCC)CCC.[Zr+4]. The number of carbonyl (C=O) groups excluding carboxylic acids is 8. The third kappa shape index (κ3) is 29.1. The number of rotatable bonds is 44. The minimum atomic E-state index is -1.19. The van der Waals surface area contributed by atoms with E-state index in [0.29, 0.717) is 51.4 Å². The monoisotopic (exact) mass is 1170 g/mol. The van der Waals surface area contributed by atoms with Gasteiger partial charge in [0, 0.05) is 21.7 Å². The molecule has 4 atom stereocenters. The Morgan fingerprint density at radius 3 is 0.403 bits per heavy atom. The van der Waals surface area contributed by atoms with Gasteiger partial charge in [-0.1, -0.05) is 214 Å². The summed E-state index contributed by atoms with van der Waals surface area (Å²) in [6, 6.07) is 0. The summed E-state index contributed by atoms with van der Waals surface area (Å²) in [7, 11) is 0. The third-order valence-electron chi connectivity index (χ3n) is 15.5. The van der Waals surface area contributed by atoms with Crippen LogP contribution in [0.4, 0.5) is 0 Å². The molecule has 0 radical (unpaired) electrons. The maximum atomic E-state index is 12.7. The molecule has 0 aliphatic carbocycles. The molecule has 0 aromatic heterocycles. The second kappa shape index (κ2) is 48.2. The first kappa shape index (κ1) is 83.3. The first-order valence-corrected chi connectivity index (χ1v) is 30.9. The Hall–Kier alpha value is -2.56. The van der Waals surface area contributed by atoms with E-state index in [1.807, 2.05) is 27.7 Å². The van der Waals surface area contributed by atoms with E-state index in [9.17, 15) is 58.8 Å². The van der Waals surface area contributed by atoms with Gasteiger partial charge in [0.2, 0.25) is 0 Å². The predicted octanol–water partition coefficient (Wildman–Crippen LogP) is 12.4. The molecule has 12 nitrogen and oxygen atoms in total. The number of carbonyl (C=O) groups is 8. The molecular weight excluding hydrogens is 1050 g/mol. The minimum Gasteiger partial charge on any atom is -0.549 e. The number of hydrogen-bond acceptors (Lipinski definition) is 12. The first-order chi connectivity index (χ1) is 35.9. The zero-order valence-corrected chi connectivity index (χ0v) is 54.8. The van der Waals surface area contributed by atoms with Crippen LogP contribution in [0.2, 0.25) is 0 Å². The molecule has 448 valence electrons. The van der Waals surface area contributed by atoms with Crippen LogP contribution < -0.4 is 20.4 Å². The van der Waals surface area contributed by atoms with Gasteiger partial charge in [0.15, 0.2) is 0 Å². The molecule has 0 saturated carbocycles. The molecule has 0 spiro atoms. The Bertz CT molecular complexity index is 1310. The molecule has 0 N–H and O–H groups in total. The molecule has 13 heteroatoms. The van der Waals surface area contributed by atoms with Gasteiger partial charge in [-0.2, -0.15) is 0 Å². The Labute approximate surface area is 490 Å². The van der Waals surface area contributed by atoms with Crippen LogP contribution in [0.3, 0.4) is 0 Å². The zero-order chi connectivity index (χ0) is 59.6. The van der Waals surface area contributed by atoms with Gasteiger partial charge in [-0.05, 0) is 103 Å². The van der Waals surface area contributed by atoms with Crippen molar-refractivity contribution < 1.29 is 85.0 Å². The fourth-order valence-corrected chi connectivity index (χ4v) is 12.8. The van der Waals surface area contributed by atoms with Crippen LogP contribution in [0, 0.1) is 45.3 Å². The number of carboxylic acid groups (broad SMARTS) is 4. The average Bonchev–Trinajstić information content (AvgIpc) is 3.36. The van der Waals surface area contributed by atoms with Crippen LogP contribution in [0.25, 0.3) is 0 Å². The van der Waals surface area contributed by atoms with Crippen molar-refractivity contribution in [3.63, 3.8) is 0 Å². The molecule has 0 heterocycles. The van der Waals surface area contributed by atoms with Gasteiger partial charge in [-0.25, -0.2) is 0 Å². The van der Waals surface area contributed by atoms with Crippen molar-refractivity contribution in [3.8, 4) is 0 Å². The Morgan fingerprint density at radius 1 is 0.234 bits per heavy atom. The van der Waals surface area contributed by atoms with E-state index in [1.54, 1.807) is 0 Å². The maximum absolute atomic E-state index is 12.7. The van der Waals surface area contributed by atoms with Crippen molar-refractivity contribution in [1.29, 1.82) is 0 Å². The first-order valence-electron chi connectivity index (χ1n) is 30.9. The van der Waals surface area contributed by atoms with Gasteiger partial charge >= 0.3 is 26.2 Å². The summed E-state index contributed by atoms with van der Waals surface area (Å²) in [4.78, 5) is 96.0. The maximum Gasteiger partial charge on any atom is 4.00 e. The van der Waals surface area contributed by atoms with Crippen LogP contribution in [0.1, 0.15) is 316 Å². The molecule has 0 bridgehead atoms. The summed E-state index contributed by atoms with van der Waals surface area (Å²) >= 11 is 0. The summed E-state index contributed by atoms with van der Waals surface area (Å²) in [5.41, 5.74) is -1.79. The van der Waals surface area contributed by atoms with E-state index < -0.39 is 69.2 Å². The number of Topliss-reactive ketones (excluding diaryl/α,β-unsaturated/α-hetero) is 4. The molecule has 0 aromatic carbocycles. The standard InChI is InChI=1S/4C16H30O3.Zr/c4*1-5-9-13(15(18)19)14(17)16(10-6-2,11-7-3)12-8-4;/h4*13H,5-12H2,1-4H3,(H,18,19);/q;;;;+4/p-4. The van der Waals surface area contributed by atoms with E-state index in [1.165, 1.54) is 0 Å². The summed E-state index contributed by atoms with van der Waals surface area (Å²) < 4.78 is 0. The molecule has 0 saturated heterocycles. The molecule has 4 unspecified atom stereocenters. The fourth-order valence-electron chi connectivity index (χ4n) is 12.8. The third-order valence-corrected chi connectivity index (χ3v) is 15.5. The summed E-state index contributed by atoms with van der Waals surface area (Å²) in [5.74, 6) is -8.80. The molecule has 0 aliphatic rings. The van der Waals surface area contributed by atoms with Gasteiger partial charge < -0.3 is 39.6 Å². The second-order valence-corrected chi connectivity index (χ2v) is 22.2. The number of hydrogen-bond donors (Lipinski definition) is 0. The van der Waals surface area contributed by atoms with Crippen LogP contribution in [-0.4, -0.2) is 47.0 Å². The van der Waals surface area contributed by atoms with Crippen molar-refractivity contribution in [2.24, 2.45) is 45.3 Å². The molecule has 0 amide bonds. The van der Waals surface area contributed by atoms with Crippen LogP contribution in [-0.2, 0) is 64.6 Å². The Balaban J connectivity index is -0.000000298. The predicted molar refractivity (Wildman–Crippen MR) is 302 cm³/mol. The zero-order valence-electron chi connectivity index (χ0n) is 52.3. The van der Waals surface area contributed by atoms with E-state index in [4.69, 9.17) is 0 Å². The van der Waals surface area contributed by atoms with E-state index >= 15 is 0 Å². The number of aliphatic carboxylic acids is 4. The van der Waals surface area contributed by atoms with Gasteiger partial charge in [0.1, 0.15) is 23.1 Å². The van der Waals surface area contributed by atoms with E-state index in [0.717, 1.165) is 154 Å². The van der Waals surface area contributed by atoms with Crippen molar-refractivity contribution in [3.05, 3.63) is 0 Å². The topological polar surface area (TPSA) is 229 Å². The van der Waals surface area contributed by atoms with E-state index in [2.05, 4.69) is 83.1 Å². The number of ketones is 4. The minimum absolute atomic E-state index is 0. The van der Waals surface area contributed by atoms with Crippen molar-refractivity contribution in [2.45, 2.75) is 316 Å². The molecular formula is C64H116O12Zr. The Morgan fingerprint density at radius 2 is 0.338 bits per heavy atom. The summed E-state index contributed by atoms with van der Waals surface area (Å²) in [6.07, 6.45) is 24.9. The van der Waals surface area contributed by atoms with Crippen LogP contribution in [0.15, 0.2) is 0 Å². The van der Waals surface area contributed by atoms with Gasteiger partial charge in [0.05, 0.1) is 47.5 Å². The fraction of sp³-hybridized carbons (Fsp3) is 0.875. The molecule has 0 aromatic rings.